The van der Waals surface area contributed by atoms with Gasteiger partial charge in [0.25, 0.3) is 5.19 Å². The van der Waals surface area contributed by atoms with Crippen molar-refractivity contribution in [2.75, 3.05) is 0 Å². The fourth-order valence-electron chi connectivity index (χ4n) is 3.11. The number of rotatable bonds is 8. The lowest BCUT2D eigenvalue weighted by Gasteiger charge is -2.15. The summed E-state index contributed by atoms with van der Waals surface area (Å²) in [5, 5.41) is 8.86. The van der Waals surface area contributed by atoms with Crippen LogP contribution in [-0.2, 0) is 6.61 Å². The van der Waals surface area contributed by atoms with Crippen molar-refractivity contribution in [2.45, 2.75) is 13.2 Å². The molecular weight excluding hydrogens is 493 g/mol. The minimum Gasteiger partial charge on any atom is -0.464 e. The minimum absolute atomic E-state index is 0.000593. The van der Waals surface area contributed by atoms with E-state index in [1.54, 1.807) is 24.3 Å². The molecule has 0 fully saturated rings. The van der Waals surface area contributed by atoms with Gasteiger partial charge in [-0.25, -0.2) is 4.39 Å². The average Bonchev–Trinajstić information content (AvgIpc) is 3.27. The highest BCUT2D eigenvalue weighted by Gasteiger charge is 2.26. The van der Waals surface area contributed by atoms with Gasteiger partial charge in [-0.2, -0.15) is 8.78 Å². The van der Waals surface area contributed by atoms with Crippen LogP contribution in [0.2, 0.25) is 5.02 Å². The highest BCUT2D eigenvalue weighted by molar-refractivity contribution is 7.16. The molecule has 0 bridgehead atoms. The number of halogens is 4. The van der Waals surface area contributed by atoms with Crippen LogP contribution in [0.5, 0.6) is 10.9 Å². The second-order valence-electron chi connectivity index (χ2n) is 6.73. The Labute approximate surface area is 199 Å². The second kappa shape index (κ2) is 10.1. The predicted molar refractivity (Wildman–Crippen MR) is 119 cm³/mol. The van der Waals surface area contributed by atoms with Crippen LogP contribution in [0.4, 0.5) is 13.2 Å². The lowest BCUT2D eigenvalue weighted by atomic mass is 9.96. The third kappa shape index (κ3) is 5.10. The number of benzene rings is 2. The van der Waals surface area contributed by atoms with E-state index in [9.17, 15) is 18.0 Å². The lowest BCUT2D eigenvalue weighted by molar-refractivity contribution is -0.0495. The number of nitrogens with two attached hydrogens (primary N) is 1. The number of alkyl halides is 2. The van der Waals surface area contributed by atoms with Gasteiger partial charge >= 0.3 is 6.61 Å². The van der Waals surface area contributed by atoms with Gasteiger partial charge in [0.2, 0.25) is 5.91 Å². The summed E-state index contributed by atoms with van der Waals surface area (Å²) in [6.45, 7) is -3.06. The number of hydrogen-bond acceptors (Lipinski definition) is 7. The molecule has 12 heteroatoms. The van der Waals surface area contributed by atoms with Gasteiger partial charge in [-0.05, 0) is 35.9 Å². The van der Waals surface area contributed by atoms with Gasteiger partial charge in [0, 0.05) is 16.8 Å². The molecule has 2 aromatic carbocycles. The highest BCUT2D eigenvalue weighted by Crippen LogP contribution is 2.42. The average molecular weight is 507 g/mol. The smallest absolute Gasteiger partial charge is 0.387 e. The second-order valence-corrected chi connectivity index (χ2v) is 8.10. The molecule has 0 radical (unpaired) electrons. The number of carbonyl (C=O) groups is 1. The van der Waals surface area contributed by atoms with Gasteiger partial charge < -0.3 is 15.2 Å². The fraction of sp³-hybridized carbons (Fsp3) is 0.0909. The zero-order chi connectivity index (χ0) is 24.2. The molecule has 0 saturated carbocycles. The van der Waals surface area contributed by atoms with Gasteiger partial charge in [-0.1, -0.05) is 46.2 Å². The van der Waals surface area contributed by atoms with E-state index in [1.807, 2.05) is 0 Å². The van der Waals surface area contributed by atoms with Crippen LogP contribution in [-0.4, -0.2) is 27.7 Å². The molecule has 4 rings (SSSR count). The zero-order valence-electron chi connectivity index (χ0n) is 17.0. The molecule has 174 valence electrons. The maximum Gasteiger partial charge on any atom is 0.387 e. The molecule has 0 aliphatic carbocycles. The first-order valence-electron chi connectivity index (χ1n) is 9.57. The summed E-state index contributed by atoms with van der Waals surface area (Å²) in [6, 6.07) is 11.6. The van der Waals surface area contributed by atoms with Gasteiger partial charge in [-0.3, -0.25) is 9.78 Å². The molecule has 0 aliphatic heterocycles. The van der Waals surface area contributed by atoms with Crippen molar-refractivity contribution in [3.63, 3.8) is 0 Å². The van der Waals surface area contributed by atoms with E-state index in [2.05, 4.69) is 19.9 Å². The van der Waals surface area contributed by atoms with Crippen LogP contribution in [0.3, 0.4) is 0 Å². The van der Waals surface area contributed by atoms with E-state index in [0.717, 1.165) is 29.0 Å². The number of primary amides is 1. The van der Waals surface area contributed by atoms with E-state index in [0.29, 0.717) is 5.02 Å². The van der Waals surface area contributed by atoms with Crippen molar-refractivity contribution in [3.8, 4) is 32.8 Å². The van der Waals surface area contributed by atoms with E-state index in [1.165, 1.54) is 18.3 Å². The molecule has 0 unspecified atom stereocenters. The van der Waals surface area contributed by atoms with E-state index in [4.69, 9.17) is 22.1 Å². The van der Waals surface area contributed by atoms with Crippen molar-refractivity contribution in [2.24, 2.45) is 5.73 Å². The predicted octanol–water partition coefficient (Wildman–Crippen LogP) is 5.34. The molecule has 0 saturated heterocycles. The third-order valence-corrected chi connectivity index (χ3v) is 5.64. The first kappa shape index (κ1) is 23.5. The summed E-state index contributed by atoms with van der Waals surface area (Å²) in [5.74, 6) is -2.33. The van der Waals surface area contributed by atoms with Crippen LogP contribution < -0.4 is 15.2 Å². The molecular formula is C22H14ClF3N4O3S. The number of pyridine rings is 1. The van der Waals surface area contributed by atoms with Crippen molar-refractivity contribution in [3.05, 3.63) is 76.7 Å². The maximum atomic E-state index is 14.9. The number of hydrogen-bond donors (Lipinski definition) is 1. The van der Waals surface area contributed by atoms with Crippen molar-refractivity contribution >= 4 is 28.8 Å². The molecule has 34 heavy (non-hydrogen) atoms. The Kier molecular flexibility index (Phi) is 6.94. The van der Waals surface area contributed by atoms with Crippen molar-refractivity contribution in [1.82, 2.24) is 15.2 Å². The Morgan fingerprint density at radius 3 is 2.56 bits per heavy atom. The summed E-state index contributed by atoms with van der Waals surface area (Å²) in [4.78, 5) is 16.3. The van der Waals surface area contributed by atoms with Crippen LogP contribution in [0.15, 0.2) is 54.7 Å². The number of amides is 1. The standard InChI is InChI=1S/C22H14ClF3N4O3S/c23-12-6-4-11(5-7-12)10-32-22-30-29-20(34-22)18-16(13(19(27)31)8-9-28-18)17-14(24)2-1-3-15(17)33-21(25)26/h1-9,21H,10H2,(H2,27,31). The van der Waals surface area contributed by atoms with Gasteiger partial charge in [0.05, 0.1) is 11.1 Å². The van der Waals surface area contributed by atoms with Crippen LogP contribution in [0.1, 0.15) is 15.9 Å². The molecule has 1 amide bonds. The molecule has 4 aromatic rings. The molecule has 7 nitrogen and oxygen atoms in total. The molecule has 0 spiro atoms. The maximum absolute atomic E-state index is 14.9. The zero-order valence-corrected chi connectivity index (χ0v) is 18.6. The summed E-state index contributed by atoms with van der Waals surface area (Å²) in [7, 11) is 0. The summed E-state index contributed by atoms with van der Waals surface area (Å²) < 4.78 is 51.0. The van der Waals surface area contributed by atoms with E-state index < -0.39 is 29.6 Å². The van der Waals surface area contributed by atoms with Gasteiger partial charge in [0.1, 0.15) is 23.9 Å². The lowest BCUT2D eigenvalue weighted by Crippen LogP contribution is -2.14. The fourth-order valence-corrected chi connectivity index (χ4v) is 3.94. The Bertz CT molecular complexity index is 1340. The number of nitrogens with zero attached hydrogens (tertiary/aromatic N) is 3. The van der Waals surface area contributed by atoms with Crippen LogP contribution in [0, 0.1) is 5.82 Å². The quantitative estimate of drug-likeness (QED) is 0.346. The van der Waals surface area contributed by atoms with Gasteiger partial charge in [0.15, 0.2) is 5.01 Å². The number of ether oxygens (including phenoxy) is 2. The van der Waals surface area contributed by atoms with E-state index >= 15 is 0 Å². The largest absolute Gasteiger partial charge is 0.464 e. The minimum atomic E-state index is -3.23. The van der Waals surface area contributed by atoms with Crippen LogP contribution in [0.25, 0.3) is 21.8 Å². The molecule has 0 atom stereocenters. The van der Waals surface area contributed by atoms with Gasteiger partial charge in [-0.15, -0.1) is 5.10 Å². The van der Waals surface area contributed by atoms with Crippen LogP contribution >= 0.6 is 22.9 Å². The first-order valence-corrected chi connectivity index (χ1v) is 10.8. The van der Waals surface area contributed by atoms with E-state index in [-0.39, 0.29) is 33.6 Å². The Balaban J connectivity index is 1.76. The number of carbonyl (C=O) groups excluding carboxylic acids is 1. The van der Waals surface area contributed by atoms with Crippen molar-refractivity contribution < 1.29 is 27.4 Å². The molecule has 2 N–H and O–H groups in total. The molecule has 0 aliphatic rings. The molecule has 2 aromatic heterocycles. The first-order chi connectivity index (χ1) is 16.3. The SMILES string of the molecule is NC(=O)c1ccnc(-c2nnc(OCc3ccc(Cl)cc3)s2)c1-c1c(F)cccc1OC(F)F. The number of aromatic nitrogens is 3. The monoisotopic (exact) mass is 506 g/mol. The summed E-state index contributed by atoms with van der Waals surface area (Å²) in [6.07, 6.45) is 1.27. The Morgan fingerprint density at radius 1 is 1.09 bits per heavy atom. The normalized spacial score (nSPS) is 11.0. The summed E-state index contributed by atoms with van der Waals surface area (Å²) in [5.41, 5.74) is 5.60. The summed E-state index contributed by atoms with van der Waals surface area (Å²) >= 11 is 6.84. The third-order valence-electron chi connectivity index (χ3n) is 4.54. The van der Waals surface area contributed by atoms with Crippen molar-refractivity contribution in [1.29, 1.82) is 0 Å². The highest BCUT2D eigenvalue weighted by atomic mass is 35.5. The topological polar surface area (TPSA) is 100 Å². The Hall–Kier alpha value is -3.70. The molecule has 2 heterocycles. The Morgan fingerprint density at radius 2 is 1.85 bits per heavy atom.